The summed E-state index contributed by atoms with van der Waals surface area (Å²) in [6.45, 7) is 10.2. The highest BCUT2D eigenvalue weighted by Crippen LogP contribution is 2.16. The maximum Gasteiger partial charge on any atom is 0.00871 e. The molecule has 0 radical (unpaired) electrons. The first-order valence-corrected chi connectivity index (χ1v) is 7.26. The fourth-order valence-electron chi connectivity index (χ4n) is 1.91. The van der Waals surface area contributed by atoms with Crippen LogP contribution in [0.25, 0.3) is 0 Å². The normalized spacial score (nSPS) is 13.3. The first-order valence-electron chi connectivity index (χ1n) is 6.44. The summed E-state index contributed by atoms with van der Waals surface area (Å²) in [5, 5.41) is 3.65. The molecule has 0 saturated carbocycles. The first-order chi connectivity index (χ1) is 7.65. The van der Waals surface area contributed by atoms with Crippen LogP contribution in [0.3, 0.4) is 0 Å². The molecule has 0 amide bonds. The van der Waals surface area contributed by atoms with E-state index >= 15 is 0 Å². The third kappa shape index (κ3) is 4.67. The van der Waals surface area contributed by atoms with Crippen molar-refractivity contribution in [3.8, 4) is 0 Å². The van der Waals surface area contributed by atoms with Crippen LogP contribution in [0.4, 0.5) is 0 Å². The second-order valence-electron chi connectivity index (χ2n) is 4.71. The second-order valence-corrected chi connectivity index (χ2v) is 6.08. The Morgan fingerprint density at radius 1 is 1.25 bits per heavy atom. The van der Waals surface area contributed by atoms with Gasteiger partial charge in [0.15, 0.2) is 0 Å². The van der Waals surface area contributed by atoms with Gasteiger partial charge in [-0.15, -0.1) is 11.3 Å². The average molecular weight is 239 g/mol. The molecule has 92 valence electrons. The van der Waals surface area contributed by atoms with Crippen molar-refractivity contribution in [2.45, 2.75) is 53.0 Å². The monoisotopic (exact) mass is 239 g/mol. The zero-order valence-electron chi connectivity index (χ0n) is 11.0. The summed E-state index contributed by atoms with van der Waals surface area (Å²) < 4.78 is 0. The predicted octanol–water partition coefficient (Wildman–Crippen LogP) is 4.01. The molecule has 0 saturated heterocycles. The van der Waals surface area contributed by atoms with Crippen LogP contribution in [-0.2, 0) is 6.42 Å². The molecule has 2 heteroatoms. The van der Waals surface area contributed by atoms with Crippen LogP contribution in [0.15, 0.2) is 12.1 Å². The Labute approximate surface area is 104 Å². The molecule has 1 aromatic heterocycles. The lowest BCUT2D eigenvalue weighted by Gasteiger charge is -2.18. The van der Waals surface area contributed by atoms with Crippen molar-refractivity contribution >= 4 is 11.3 Å². The number of hydrogen-bond acceptors (Lipinski definition) is 2. The average Bonchev–Trinajstić information content (AvgIpc) is 2.65. The van der Waals surface area contributed by atoms with Crippen LogP contribution < -0.4 is 5.32 Å². The summed E-state index contributed by atoms with van der Waals surface area (Å²) in [5.41, 5.74) is 0. The molecule has 1 rings (SSSR count). The van der Waals surface area contributed by atoms with Crippen LogP contribution >= 0.6 is 11.3 Å². The van der Waals surface area contributed by atoms with E-state index in [1.807, 2.05) is 11.3 Å². The molecule has 0 bridgehead atoms. The molecule has 1 nitrogen and oxygen atoms in total. The number of hydrogen-bond donors (Lipinski definition) is 1. The lowest BCUT2D eigenvalue weighted by atomic mass is 10.0. The van der Waals surface area contributed by atoms with Gasteiger partial charge in [-0.1, -0.05) is 26.7 Å². The molecule has 0 aliphatic rings. The van der Waals surface area contributed by atoms with E-state index < -0.39 is 0 Å². The van der Waals surface area contributed by atoms with Crippen molar-refractivity contribution in [2.24, 2.45) is 5.92 Å². The number of nitrogens with one attached hydrogen (secondary N) is 1. The van der Waals surface area contributed by atoms with Crippen LogP contribution in [-0.4, -0.2) is 12.6 Å². The highest BCUT2D eigenvalue weighted by molar-refractivity contribution is 7.11. The molecule has 16 heavy (non-hydrogen) atoms. The van der Waals surface area contributed by atoms with Gasteiger partial charge in [-0.3, -0.25) is 0 Å². The summed E-state index contributed by atoms with van der Waals surface area (Å²) in [4.78, 5) is 2.92. The summed E-state index contributed by atoms with van der Waals surface area (Å²) >= 11 is 1.92. The Morgan fingerprint density at radius 2 is 1.94 bits per heavy atom. The fraction of sp³-hybridized carbons (Fsp3) is 0.714. The summed E-state index contributed by atoms with van der Waals surface area (Å²) in [5.74, 6) is 0.840. The van der Waals surface area contributed by atoms with Gasteiger partial charge >= 0.3 is 0 Å². The molecule has 0 aliphatic carbocycles. The maximum absolute atomic E-state index is 3.65. The quantitative estimate of drug-likeness (QED) is 0.758. The van der Waals surface area contributed by atoms with Crippen molar-refractivity contribution in [3.05, 3.63) is 21.9 Å². The third-order valence-electron chi connectivity index (χ3n) is 3.21. The Hall–Kier alpha value is -0.340. The molecule has 0 spiro atoms. The zero-order chi connectivity index (χ0) is 12.0. The van der Waals surface area contributed by atoms with E-state index in [4.69, 9.17) is 0 Å². The molecule has 1 unspecified atom stereocenters. The van der Waals surface area contributed by atoms with Gasteiger partial charge in [0, 0.05) is 15.8 Å². The van der Waals surface area contributed by atoms with Crippen LogP contribution in [0.1, 0.15) is 43.4 Å². The van der Waals surface area contributed by atoms with Gasteiger partial charge in [-0.05, 0) is 44.9 Å². The van der Waals surface area contributed by atoms with Crippen molar-refractivity contribution < 1.29 is 0 Å². The van der Waals surface area contributed by atoms with Crippen molar-refractivity contribution in [3.63, 3.8) is 0 Å². The SMILES string of the molecule is CCC(CC)CNC(C)Cc1ccc(C)s1. The minimum atomic E-state index is 0.596. The molecular weight excluding hydrogens is 214 g/mol. The lowest BCUT2D eigenvalue weighted by molar-refractivity contribution is 0.417. The van der Waals surface area contributed by atoms with Gasteiger partial charge < -0.3 is 5.32 Å². The van der Waals surface area contributed by atoms with E-state index in [9.17, 15) is 0 Å². The predicted molar refractivity (Wildman–Crippen MR) is 74.3 cm³/mol. The van der Waals surface area contributed by atoms with Gasteiger partial charge in [-0.25, -0.2) is 0 Å². The fourth-order valence-corrected chi connectivity index (χ4v) is 2.93. The lowest BCUT2D eigenvalue weighted by Crippen LogP contribution is -2.32. The van der Waals surface area contributed by atoms with Crippen molar-refractivity contribution in [1.82, 2.24) is 5.32 Å². The summed E-state index contributed by atoms with van der Waals surface area (Å²) in [6, 6.07) is 5.07. The van der Waals surface area contributed by atoms with E-state index in [1.165, 1.54) is 35.6 Å². The first kappa shape index (κ1) is 13.7. The van der Waals surface area contributed by atoms with E-state index in [1.54, 1.807) is 0 Å². The Morgan fingerprint density at radius 3 is 2.44 bits per heavy atom. The van der Waals surface area contributed by atoms with Crippen LogP contribution in [0.5, 0.6) is 0 Å². The molecular formula is C14H25NS. The molecule has 0 fully saturated rings. The summed E-state index contributed by atoms with van der Waals surface area (Å²) in [7, 11) is 0. The highest BCUT2D eigenvalue weighted by atomic mass is 32.1. The molecule has 1 aromatic rings. The standard InChI is InChI=1S/C14H25NS/c1-5-13(6-2)10-15-11(3)9-14-8-7-12(4)16-14/h7-8,11,13,15H,5-6,9-10H2,1-4H3. The molecule has 1 N–H and O–H groups in total. The van der Waals surface area contributed by atoms with Crippen molar-refractivity contribution in [1.29, 1.82) is 0 Å². The van der Waals surface area contributed by atoms with Crippen LogP contribution in [0, 0.1) is 12.8 Å². The third-order valence-corrected chi connectivity index (χ3v) is 4.24. The molecule has 1 heterocycles. The topological polar surface area (TPSA) is 12.0 Å². The minimum absolute atomic E-state index is 0.596. The van der Waals surface area contributed by atoms with E-state index in [-0.39, 0.29) is 0 Å². The van der Waals surface area contributed by atoms with Gasteiger partial charge in [0.2, 0.25) is 0 Å². The molecule has 0 aliphatic heterocycles. The largest absolute Gasteiger partial charge is 0.314 e. The maximum atomic E-state index is 3.65. The van der Waals surface area contributed by atoms with Crippen LogP contribution in [0.2, 0.25) is 0 Å². The Bertz CT molecular complexity index is 289. The Balaban J connectivity index is 2.27. The number of rotatable bonds is 7. The van der Waals surface area contributed by atoms with E-state index in [0.717, 1.165) is 5.92 Å². The zero-order valence-corrected chi connectivity index (χ0v) is 11.9. The second kappa shape index (κ2) is 7.08. The number of thiophene rings is 1. The number of aryl methyl sites for hydroxylation is 1. The molecule has 0 aromatic carbocycles. The summed E-state index contributed by atoms with van der Waals surface area (Å²) in [6.07, 6.45) is 3.74. The van der Waals surface area contributed by atoms with Gasteiger partial charge in [0.1, 0.15) is 0 Å². The minimum Gasteiger partial charge on any atom is -0.314 e. The highest BCUT2D eigenvalue weighted by Gasteiger charge is 2.08. The van der Waals surface area contributed by atoms with Crippen molar-refractivity contribution in [2.75, 3.05) is 6.54 Å². The van der Waals surface area contributed by atoms with E-state index in [2.05, 4.69) is 45.1 Å². The van der Waals surface area contributed by atoms with Gasteiger partial charge in [-0.2, -0.15) is 0 Å². The smallest absolute Gasteiger partial charge is 0.00871 e. The van der Waals surface area contributed by atoms with E-state index in [0.29, 0.717) is 6.04 Å². The Kier molecular flexibility index (Phi) is 6.07. The molecule has 1 atom stereocenters. The van der Waals surface area contributed by atoms with Gasteiger partial charge in [0.25, 0.3) is 0 Å². The van der Waals surface area contributed by atoms with Gasteiger partial charge in [0.05, 0.1) is 0 Å².